The van der Waals surface area contributed by atoms with E-state index in [1.807, 2.05) is 38.1 Å². The number of carbonyl (C=O) groups excluding carboxylic acids is 1. The number of benzene rings is 1. The third kappa shape index (κ3) is 3.69. The van der Waals surface area contributed by atoms with Gasteiger partial charge in [-0.2, -0.15) is 0 Å². The van der Waals surface area contributed by atoms with Crippen molar-refractivity contribution in [1.82, 2.24) is 4.90 Å². The van der Waals surface area contributed by atoms with Gasteiger partial charge in [0.2, 0.25) is 5.91 Å². The average Bonchev–Trinajstić information content (AvgIpc) is 2.94. The van der Waals surface area contributed by atoms with Crippen LogP contribution in [0.15, 0.2) is 24.3 Å². The van der Waals surface area contributed by atoms with Gasteiger partial charge in [0.05, 0.1) is 0 Å². The van der Waals surface area contributed by atoms with Crippen LogP contribution in [0.25, 0.3) is 0 Å². The SMILES string of the molecule is CC(C)C(=O)N(C)c1cccc(N[C@@H]2CCN(C(=O)O)C2)c1. The van der Waals surface area contributed by atoms with Gasteiger partial charge in [0.1, 0.15) is 0 Å². The molecule has 0 unspecified atom stereocenters. The van der Waals surface area contributed by atoms with Gasteiger partial charge in [-0.15, -0.1) is 0 Å². The van der Waals surface area contributed by atoms with E-state index in [0.29, 0.717) is 13.1 Å². The highest BCUT2D eigenvalue weighted by molar-refractivity contribution is 5.94. The third-order valence-electron chi connectivity index (χ3n) is 3.89. The molecule has 1 aromatic rings. The van der Waals surface area contributed by atoms with Crippen LogP contribution < -0.4 is 10.2 Å². The molecule has 1 saturated heterocycles. The lowest BCUT2D eigenvalue weighted by molar-refractivity contribution is -0.121. The van der Waals surface area contributed by atoms with Gasteiger partial charge in [-0.25, -0.2) is 4.79 Å². The van der Waals surface area contributed by atoms with Crippen molar-refractivity contribution in [3.63, 3.8) is 0 Å². The summed E-state index contributed by atoms with van der Waals surface area (Å²) in [7, 11) is 1.77. The summed E-state index contributed by atoms with van der Waals surface area (Å²) >= 11 is 0. The molecule has 0 aromatic heterocycles. The fraction of sp³-hybridized carbons (Fsp3) is 0.500. The van der Waals surface area contributed by atoms with Crippen LogP contribution in [0.1, 0.15) is 20.3 Å². The van der Waals surface area contributed by atoms with Gasteiger partial charge >= 0.3 is 6.09 Å². The predicted octanol–water partition coefficient (Wildman–Crippen LogP) is 2.47. The van der Waals surface area contributed by atoms with Gasteiger partial charge in [-0.1, -0.05) is 19.9 Å². The van der Waals surface area contributed by atoms with E-state index in [-0.39, 0.29) is 17.9 Å². The summed E-state index contributed by atoms with van der Waals surface area (Å²) in [6.07, 6.45) is -0.0857. The van der Waals surface area contributed by atoms with E-state index in [0.717, 1.165) is 17.8 Å². The molecular formula is C16H23N3O3. The van der Waals surface area contributed by atoms with E-state index in [9.17, 15) is 9.59 Å². The Morgan fingerprint density at radius 2 is 2.14 bits per heavy atom. The molecule has 1 aliphatic heterocycles. The molecule has 2 amide bonds. The molecular weight excluding hydrogens is 282 g/mol. The lowest BCUT2D eigenvalue weighted by Gasteiger charge is -2.21. The van der Waals surface area contributed by atoms with Gasteiger partial charge < -0.3 is 20.2 Å². The van der Waals surface area contributed by atoms with E-state index in [2.05, 4.69) is 5.32 Å². The predicted molar refractivity (Wildman–Crippen MR) is 86.3 cm³/mol. The number of anilines is 2. The van der Waals surface area contributed by atoms with Gasteiger partial charge in [0.15, 0.2) is 0 Å². The van der Waals surface area contributed by atoms with Crippen molar-refractivity contribution >= 4 is 23.4 Å². The average molecular weight is 305 g/mol. The second-order valence-electron chi connectivity index (χ2n) is 5.96. The summed E-state index contributed by atoms with van der Waals surface area (Å²) in [5, 5.41) is 12.3. The second kappa shape index (κ2) is 6.68. The van der Waals surface area contributed by atoms with E-state index in [4.69, 9.17) is 5.11 Å². The minimum atomic E-state index is -0.875. The maximum atomic E-state index is 12.1. The molecule has 2 rings (SSSR count). The molecule has 0 bridgehead atoms. The van der Waals surface area contributed by atoms with Crippen LogP contribution in [-0.2, 0) is 4.79 Å². The Labute approximate surface area is 130 Å². The summed E-state index contributed by atoms with van der Waals surface area (Å²) in [4.78, 5) is 26.0. The summed E-state index contributed by atoms with van der Waals surface area (Å²) in [6, 6.07) is 7.75. The molecule has 6 nitrogen and oxygen atoms in total. The lowest BCUT2D eigenvalue weighted by Crippen LogP contribution is -2.31. The zero-order valence-corrected chi connectivity index (χ0v) is 13.2. The van der Waals surface area contributed by atoms with Crippen molar-refractivity contribution in [2.45, 2.75) is 26.3 Å². The minimum absolute atomic E-state index is 0.0550. The lowest BCUT2D eigenvalue weighted by atomic mass is 10.1. The first-order valence-electron chi connectivity index (χ1n) is 7.50. The molecule has 1 heterocycles. The Hall–Kier alpha value is -2.24. The van der Waals surface area contributed by atoms with E-state index >= 15 is 0 Å². The first-order valence-corrected chi connectivity index (χ1v) is 7.50. The number of likely N-dealkylation sites (tertiary alicyclic amines) is 1. The number of nitrogens with one attached hydrogen (secondary N) is 1. The third-order valence-corrected chi connectivity index (χ3v) is 3.89. The van der Waals surface area contributed by atoms with Gasteiger partial charge in [0, 0.05) is 43.5 Å². The highest BCUT2D eigenvalue weighted by Gasteiger charge is 2.25. The van der Waals surface area contributed by atoms with Gasteiger partial charge in [-0.05, 0) is 24.6 Å². The van der Waals surface area contributed by atoms with Crippen LogP contribution in [0.3, 0.4) is 0 Å². The summed E-state index contributed by atoms with van der Waals surface area (Å²) in [6.45, 7) is 4.79. The number of rotatable bonds is 4. The largest absolute Gasteiger partial charge is 0.465 e. The fourth-order valence-corrected chi connectivity index (χ4v) is 2.61. The molecule has 6 heteroatoms. The molecule has 0 saturated carbocycles. The highest BCUT2D eigenvalue weighted by Crippen LogP contribution is 2.22. The van der Waals surface area contributed by atoms with E-state index in [1.54, 1.807) is 11.9 Å². The molecule has 2 N–H and O–H groups in total. The smallest absolute Gasteiger partial charge is 0.407 e. The molecule has 120 valence electrons. The van der Waals surface area contributed by atoms with Crippen LogP contribution >= 0.6 is 0 Å². The summed E-state index contributed by atoms with van der Waals surface area (Å²) in [5.41, 5.74) is 1.73. The van der Waals surface area contributed by atoms with Crippen molar-refractivity contribution < 1.29 is 14.7 Å². The number of hydrogen-bond donors (Lipinski definition) is 2. The Bertz CT molecular complexity index is 559. The molecule has 1 atom stereocenters. The van der Waals surface area contributed by atoms with Crippen molar-refractivity contribution in [3.05, 3.63) is 24.3 Å². The minimum Gasteiger partial charge on any atom is -0.465 e. The Balaban J connectivity index is 2.03. The Morgan fingerprint density at radius 1 is 1.41 bits per heavy atom. The maximum Gasteiger partial charge on any atom is 0.407 e. The summed E-state index contributed by atoms with van der Waals surface area (Å²) < 4.78 is 0. The number of nitrogens with zero attached hydrogens (tertiary/aromatic N) is 2. The van der Waals surface area contributed by atoms with Crippen molar-refractivity contribution in [2.24, 2.45) is 5.92 Å². The first kappa shape index (κ1) is 16.1. The highest BCUT2D eigenvalue weighted by atomic mass is 16.4. The number of amides is 2. The fourth-order valence-electron chi connectivity index (χ4n) is 2.61. The Morgan fingerprint density at radius 3 is 2.73 bits per heavy atom. The van der Waals surface area contributed by atoms with Crippen LogP contribution in [0, 0.1) is 5.92 Å². The number of hydrogen-bond acceptors (Lipinski definition) is 3. The van der Waals surface area contributed by atoms with Crippen molar-refractivity contribution in [1.29, 1.82) is 0 Å². The maximum absolute atomic E-state index is 12.1. The van der Waals surface area contributed by atoms with Crippen LogP contribution in [0.2, 0.25) is 0 Å². The molecule has 1 fully saturated rings. The standard InChI is InChI=1S/C16H23N3O3/c1-11(2)15(20)18(3)14-6-4-5-12(9-14)17-13-7-8-19(10-13)16(21)22/h4-6,9,11,13,17H,7-8,10H2,1-3H3,(H,21,22)/t13-/m1/s1. The molecule has 0 radical (unpaired) electrons. The molecule has 22 heavy (non-hydrogen) atoms. The van der Waals surface area contributed by atoms with Crippen LogP contribution in [0.5, 0.6) is 0 Å². The molecule has 0 aliphatic carbocycles. The first-order chi connectivity index (χ1) is 10.4. The Kier molecular flexibility index (Phi) is 4.90. The van der Waals surface area contributed by atoms with Gasteiger partial charge in [0.25, 0.3) is 0 Å². The number of carbonyl (C=O) groups is 2. The summed E-state index contributed by atoms with van der Waals surface area (Å²) in [5.74, 6) is 0.00985. The zero-order chi connectivity index (χ0) is 16.3. The zero-order valence-electron chi connectivity index (χ0n) is 13.2. The number of carboxylic acid groups (broad SMARTS) is 1. The molecule has 0 spiro atoms. The molecule has 1 aliphatic rings. The normalized spacial score (nSPS) is 17.6. The quantitative estimate of drug-likeness (QED) is 0.896. The van der Waals surface area contributed by atoms with Gasteiger partial charge in [-0.3, -0.25) is 4.79 Å². The molecule has 1 aromatic carbocycles. The van der Waals surface area contributed by atoms with E-state index in [1.165, 1.54) is 4.90 Å². The van der Waals surface area contributed by atoms with Crippen LogP contribution in [0.4, 0.5) is 16.2 Å². The van der Waals surface area contributed by atoms with Crippen molar-refractivity contribution in [2.75, 3.05) is 30.4 Å². The van der Waals surface area contributed by atoms with Crippen LogP contribution in [-0.4, -0.2) is 48.2 Å². The second-order valence-corrected chi connectivity index (χ2v) is 5.96. The van der Waals surface area contributed by atoms with E-state index < -0.39 is 6.09 Å². The monoisotopic (exact) mass is 305 g/mol. The topological polar surface area (TPSA) is 72.9 Å². The van der Waals surface area contributed by atoms with Crippen molar-refractivity contribution in [3.8, 4) is 0 Å².